The number of halogens is 1. The summed E-state index contributed by atoms with van der Waals surface area (Å²) in [5.74, 6) is -0.930. The number of nitrogens with one attached hydrogen (secondary N) is 1. The second-order valence-electron chi connectivity index (χ2n) is 7.25. The molecule has 0 bridgehead atoms. The Bertz CT molecular complexity index is 751. The molecule has 1 atom stereocenters. The number of rotatable bonds is 7. The van der Waals surface area contributed by atoms with Gasteiger partial charge in [-0.3, -0.25) is 9.69 Å². The van der Waals surface area contributed by atoms with E-state index in [1.807, 2.05) is 0 Å². The molecule has 2 aliphatic heterocycles. The molecule has 156 valence electrons. The van der Waals surface area contributed by atoms with E-state index in [-0.39, 0.29) is 23.3 Å². The number of carbonyl (C=O) groups excluding carboxylic acids is 1. The Labute approximate surface area is 165 Å². The van der Waals surface area contributed by atoms with Crippen LogP contribution in [0.3, 0.4) is 0 Å². The molecule has 1 amide bonds. The van der Waals surface area contributed by atoms with Crippen LogP contribution >= 0.6 is 0 Å². The topological polar surface area (TPSA) is 79.0 Å². The number of amides is 1. The maximum atomic E-state index is 13.1. The summed E-state index contributed by atoms with van der Waals surface area (Å²) in [7, 11) is -3.72. The summed E-state index contributed by atoms with van der Waals surface area (Å²) >= 11 is 0. The van der Waals surface area contributed by atoms with Gasteiger partial charge in [0, 0.05) is 32.7 Å². The molecule has 28 heavy (non-hydrogen) atoms. The summed E-state index contributed by atoms with van der Waals surface area (Å²) in [6, 6.07) is 4.80. The monoisotopic (exact) mass is 413 g/mol. The zero-order chi connectivity index (χ0) is 20.0. The molecule has 9 heteroatoms. The van der Waals surface area contributed by atoms with Gasteiger partial charge in [0.1, 0.15) is 5.82 Å². The van der Waals surface area contributed by atoms with Crippen molar-refractivity contribution in [2.45, 2.75) is 24.2 Å². The van der Waals surface area contributed by atoms with E-state index in [0.29, 0.717) is 25.9 Å². The SMILES string of the molecule is O=C(NCCCN1CCOCC1)[C@H]1CCCN(S(=O)(=O)c2ccc(F)cc2)C1. The molecule has 3 rings (SSSR count). The zero-order valence-corrected chi connectivity index (χ0v) is 16.8. The third kappa shape index (κ3) is 5.50. The van der Waals surface area contributed by atoms with E-state index in [2.05, 4.69) is 10.2 Å². The van der Waals surface area contributed by atoms with Crippen LogP contribution in [0.15, 0.2) is 29.2 Å². The molecule has 0 spiro atoms. The van der Waals surface area contributed by atoms with Gasteiger partial charge in [-0.05, 0) is 50.1 Å². The number of benzene rings is 1. The van der Waals surface area contributed by atoms with E-state index in [0.717, 1.165) is 51.4 Å². The average molecular weight is 414 g/mol. The lowest BCUT2D eigenvalue weighted by Gasteiger charge is -2.31. The molecule has 2 heterocycles. The first-order chi connectivity index (χ1) is 13.5. The first kappa shape index (κ1) is 21.2. The molecule has 1 aromatic carbocycles. The Morgan fingerprint density at radius 1 is 1.18 bits per heavy atom. The number of hydrogen-bond acceptors (Lipinski definition) is 5. The van der Waals surface area contributed by atoms with Gasteiger partial charge in [-0.25, -0.2) is 12.8 Å². The Morgan fingerprint density at radius 3 is 2.61 bits per heavy atom. The van der Waals surface area contributed by atoms with E-state index in [1.165, 1.54) is 16.4 Å². The maximum absolute atomic E-state index is 13.1. The molecule has 2 aliphatic rings. The first-order valence-corrected chi connectivity index (χ1v) is 11.2. The molecule has 0 aromatic heterocycles. The number of hydrogen-bond donors (Lipinski definition) is 1. The van der Waals surface area contributed by atoms with Crippen molar-refractivity contribution in [2.75, 3.05) is 52.5 Å². The summed E-state index contributed by atoms with van der Waals surface area (Å²) in [4.78, 5) is 14.9. The van der Waals surface area contributed by atoms with Crippen molar-refractivity contribution in [1.29, 1.82) is 0 Å². The standard InChI is InChI=1S/C19H28FN3O4S/c20-17-4-6-18(7-5-17)28(25,26)23-10-1-3-16(15-23)19(24)21-8-2-9-22-11-13-27-14-12-22/h4-7,16H,1-3,8-15H2,(H,21,24)/t16-/m0/s1. The number of sulfonamides is 1. The van der Waals surface area contributed by atoms with Gasteiger partial charge in [-0.15, -0.1) is 0 Å². The summed E-state index contributed by atoms with van der Waals surface area (Å²) in [5, 5.41) is 2.94. The molecule has 2 fully saturated rings. The minimum Gasteiger partial charge on any atom is -0.379 e. The van der Waals surface area contributed by atoms with Gasteiger partial charge in [0.2, 0.25) is 15.9 Å². The van der Waals surface area contributed by atoms with E-state index < -0.39 is 15.8 Å². The lowest BCUT2D eigenvalue weighted by Crippen LogP contribution is -2.45. The van der Waals surface area contributed by atoms with Crippen molar-refractivity contribution in [3.63, 3.8) is 0 Å². The smallest absolute Gasteiger partial charge is 0.243 e. The summed E-state index contributed by atoms with van der Waals surface area (Å²) in [5.41, 5.74) is 0. The Morgan fingerprint density at radius 2 is 1.89 bits per heavy atom. The van der Waals surface area contributed by atoms with Crippen LogP contribution in [0.25, 0.3) is 0 Å². The first-order valence-electron chi connectivity index (χ1n) is 9.80. The van der Waals surface area contributed by atoms with Gasteiger partial charge < -0.3 is 10.1 Å². The number of morpholine rings is 1. The Hall–Kier alpha value is -1.55. The normalized spacial score (nSPS) is 22.1. The molecule has 0 saturated carbocycles. The van der Waals surface area contributed by atoms with Crippen molar-refractivity contribution in [1.82, 2.24) is 14.5 Å². The number of piperidine rings is 1. The van der Waals surface area contributed by atoms with Crippen LogP contribution in [0.2, 0.25) is 0 Å². The maximum Gasteiger partial charge on any atom is 0.243 e. The lowest BCUT2D eigenvalue weighted by molar-refractivity contribution is -0.126. The quantitative estimate of drug-likeness (QED) is 0.677. The van der Waals surface area contributed by atoms with Gasteiger partial charge in [0.25, 0.3) is 0 Å². The van der Waals surface area contributed by atoms with Crippen molar-refractivity contribution in [3.8, 4) is 0 Å². The minimum absolute atomic E-state index is 0.0560. The third-order valence-electron chi connectivity index (χ3n) is 5.26. The van der Waals surface area contributed by atoms with Crippen LogP contribution in [-0.4, -0.2) is 76.0 Å². The van der Waals surface area contributed by atoms with Crippen molar-refractivity contribution in [3.05, 3.63) is 30.1 Å². The lowest BCUT2D eigenvalue weighted by atomic mass is 9.99. The third-order valence-corrected chi connectivity index (χ3v) is 7.14. The van der Waals surface area contributed by atoms with Gasteiger partial charge in [0.05, 0.1) is 24.0 Å². The fourth-order valence-electron chi connectivity index (χ4n) is 3.61. The molecule has 1 N–H and O–H groups in total. The number of ether oxygens (including phenoxy) is 1. The van der Waals surface area contributed by atoms with Crippen LogP contribution in [-0.2, 0) is 19.6 Å². The molecule has 7 nitrogen and oxygen atoms in total. The van der Waals surface area contributed by atoms with E-state index in [4.69, 9.17) is 4.74 Å². The van der Waals surface area contributed by atoms with Gasteiger partial charge in [-0.1, -0.05) is 0 Å². The Kier molecular flexibility index (Phi) is 7.39. The summed E-state index contributed by atoms with van der Waals surface area (Å²) in [6.07, 6.45) is 2.16. The van der Waals surface area contributed by atoms with Crippen molar-refractivity contribution < 1.29 is 22.3 Å². The highest BCUT2D eigenvalue weighted by atomic mass is 32.2. The van der Waals surface area contributed by atoms with E-state index >= 15 is 0 Å². The van der Waals surface area contributed by atoms with Crippen LogP contribution < -0.4 is 5.32 Å². The summed E-state index contributed by atoms with van der Waals surface area (Å²) < 4.78 is 45.2. The van der Waals surface area contributed by atoms with E-state index in [1.54, 1.807) is 0 Å². The van der Waals surface area contributed by atoms with E-state index in [9.17, 15) is 17.6 Å². The highest BCUT2D eigenvalue weighted by Crippen LogP contribution is 2.24. The van der Waals surface area contributed by atoms with Crippen LogP contribution in [0.5, 0.6) is 0 Å². The number of carbonyl (C=O) groups is 1. The van der Waals surface area contributed by atoms with Crippen LogP contribution in [0.1, 0.15) is 19.3 Å². The predicted octanol–water partition coefficient (Wildman–Crippen LogP) is 1.06. The second kappa shape index (κ2) is 9.78. The van der Waals surface area contributed by atoms with Gasteiger partial charge >= 0.3 is 0 Å². The second-order valence-corrected chi connectivity index (χ2v) is 9.19. The zero-order valence-electron chi connectivity index (χ0n) is 16.0. The van der Waals surface area contributed by atoms with Crippen LogP contribution in [0, 0.1) is 11.7 Å². The highest BCUT2D eigenvalue weighted by molar-refractivity contribution is 7.89. The predicted molar refractivity (Wildman–Crippen MR) is 103 cm³/mol. The largest absolute Gasteiger partial charge is 0.379 e. The van der Waals surface area contributed by atoms with Crippen LogP contribution in [0.4, 0.5) is 4.39 Å². The van der Waals surface area contributed by atoms with Gasteiger partial charge in [0.15, 0.2) is 0 Å². The van der Waals surface area contributed by atoms with Crippen molar-refractivity contribution >= 4 is 15.9 Å². The molecule has 0 aliphatic carbocycles. The minimum atomic E-state index is -3.72. The molecular weight excluding hydrogens is 385 g/mol. The fourth-order valence-corrected chi connectivity index (χ4v) is 5.14. The molecule has 2 saturated heterocycles. The molecular formula is C19H28FN3O4S. The summed E-state index contributed by atoms with van der Waals surface area (Å²) in [6.45, 7) is 5.39. The average Bonchev–Trinajstić information content (AvgIpc) is 2.72. The van der Waals surface area contributed by atoms with Crippen molar-refractivity contribution in [2.24, 2.45) is 5.92 Å². The van der Waals surface area contributed by atoms with Gasteiger partial charge in [-0.2, -0.15) is 4.31 Å². The number of nitrogens with zero attached hydrogens (tertiary/aromatic N) is 2. The molecule has 0 radical (unpaired) electrons. The molecule has 1 aromatic rings. The fraction of sp³-hybridized carbons (Fsp3) is 0.632. The molecule has 0 unspecified atom stereocenters. The highest BCUT2D eigenvalue weighted by Gasteiger charge is 2.33. The Balaban J connectivity index is 1.48.